The van der Waals surface area contributed by atoms with E-state index in [1.807, 2.05) is 6.07 Å². The average molecular weight is 374 g/mol. The molecule has 1 aliphatic carbocycles. The number of nitrogens with zero attached hydrogens (tertiary/aromatic N) is 3. The van der Waals surface area contributed by atoms with Crippen LogP contribution in [0.25, 0.3) is 11.7 Å². The molecule has 2 aliphatic rings. The van der Waals surface area contributed by atoms with Crippen LogP contribution in [0, 0.1) is 0 Å². The first-order valence-corrected chi connectivity index (χ1v) is 9.13. The predicted octanol–water partition coefficient (Wildman–Crippen LogP) is 1.42. The maximum atomic E-state index is 11.8. The summed E-state index contributed by atoms with van der Waals surface area (Å²) in [4.78, 5) is 28.0. The molecule has 0 bridgehead atoms. The molecule has 3 heterocycles. The highest BCUT2D eigenvalue weighted by molar-refractivity contribution is 8.18. The number of carbonyl (C=O) groups is 2. The molecule has 26 heavy (non-hydrogen) atoms. The van der Waals surface area contributed by atoms with Crippen LogP contribution in [0.5, 0.6) is 0 Å². The number of aromatic nitrogens is 3. The monoisotopic (exact) mass is 374 g/mol. The molecule has 9 nitrogen and oxygen atoms in total. The maximum Gasteiger partial charge on any atom is 0.290 e. The zero-order valence-electron chi connectivity index (χ0n) is 14.0. The summed E-state index contributed by atoms with van der Waals surface area (Å²) in [6, 6.07) is 2.27. The number of aliphatic hydroxyl groups excluding tert-OH is 1. The van der Waals surface area contributed by atoms with E-state index in [1.165, 1.54) is 0 Å². The molecule has 1 saturated carbocycles. The molecular formula is C16H18N6O3S. The van der Waals surface area contributed by atoms with Crippen molar-refractivity contribution in [3.8, 4) is 0 Å². The van der Waals surface area contributed by atoms with Gasteiger partial charge in [-0.3, -0.25) is 14.9 Å². The molecule has 2 amide bonds. The van der Waals surface area contributed by atoms with Crippen molar-refractivity contribution >= 4 is 46.3 Å². The van der Waals surface area contributed by atoms with Crippen LogP contribution in [0.4, 0.5) is 16.4 Å². The van der Waals surface area contributed by atoms with Gasteiger partial charge in [-0.15, -0.1) is 0 Å². The zero-order chi connectivity index (χ0) is 18.3. The Balaban J connectivity index is 1.74. The van der Waals surface area contributed by atoms with Gasteiger partial charge in [0.25, 0.3) is 11.1 Å². The zero-order valence-corrected chi connectivity index (χ0v) is 14.8. The molecule has 136 valence electrons. The number of anilines is 2. The van der Waals surface area contributed by atoms with Crippen LogP contribution in [-0.4, -0.2) is 49.5 Å². The van der Waals surface area contributed by atoms with Gasteiger partial charge in [-0.25, -0.2) is 4.98 Å². The van der Waals surface area contributed by atoms with Crippen LogP contribution < -0.4 is 16.0 Å². The van der Waals surface area contributed by atoms with Crippen molar-refractivity contribution in [3.05, 3.63) is 22.7 Å². The summed E-state index contributed by atoms with van der Waals surface area (Å²) in [6.07, 6.45) is 4.93. The normalized spacial score (nSPS) is 19.8. The van der Waals surface area contributed by atoms with Gasteiger partial charge in [-0.1, -0.05) is 0 Å². The Kier molecular flexibility index (Phi) is 4.29. The summed E-state index contributed by atoms with van der Waals surface area (Å²) in [5.41, 5.74) is 1.20. The molecule has 2 fully saturated rings. The van der Waals surface area contributed by atoms with Crippen molar-refractivity contribution in [3.63, 3.8) is 0 Å². The van der Waals surface area contributed by atoms with Gasteiger partial charge in [0.1, 0.15) is 11.6 Å². The number of thioether (sulfide) groups is 1. The van der Waals surface area contributed by atoms with Gasteiger partial charge >= 0.3 is 0 Å². The Morgan fingerprint density at radius 3 is 2.96 bits per heavy atom. The number of imide groups is 1. The Hall–Kier alpha value is -2.59. The Bertz CT molecular complexity index is 918. The van der Waals surface area contributed by atoms with Gasteiger partial charge in [0.2, 0.25) is 0 Å². The third-order valence-electron chi connectivity index (χ3n) is 3.94. The van der Waals surface area contributed by atoms with Gasteiger partial charge in [-0.2, -0.15) is 9.61 Å². The highest BCUT2D eigenvalue weighted by atomic mass is 32.2. The molecule has 10 heteroatoms. The number of nitrogens with one attached hydrogen (secondary N) is 3. The van der Waals surface area contributed by atoms with E-state index in [2.05, 4.69) is 26.0 Å². The molecule has 0 spiro atoms. The smallest absolute Gasteiger partial charge is 0.290 e. The van der Waals surface area contributed by atoms with E-state index in [0.29, 0.717) is 34.5 Å². The van der Waals surface area contributed by atoms with Crippen LogP contribution in [0.1, 0.15) is 25.3 Å². The van der Waals surface area contributed by atoms with E-state index in [0.717, 1.165) is 30.4 Å². The minimum absolute atomic E-state index is 0.311. The maximum absolute atomic E-state index is 11.8. The van der Waals surface area contributed by atoms with Gasteiger partial charge in [0, 0.05) is 24.2 Å². The second-order valence-electron chi connectivity index (χ2n) is 6.36. The SMILES string of the molecule is CC(O)CNc1cc(NC2CC2)n2ncc(/C=C3/SC(=O)NC3=O)c2n1. The number of rotatable bonds is 6. The van der Waals surface area contributed by atoms with Crippen molar-refractivity contribution < 1.29 is 14.7 Å². The summed E-state index contributed by atoms with van der Waals surface area (Å²) >= 11 is 0.856. The molecule has 0 aromatic carbocycles. The first kappa shape index (κ1) is 16.9. The van der Waals surface area contributed by atoms with Crippen molar-refractivity contribution in [2.75, 3.05) is 17.2 Å². The average Bonchev–Trinajstić information content (AvgIpc) is 3.22. The van der Waals surface area contributed by atoms with Crippen LogP contribution in [0.2, 0.25) is 0 Å². The van der Waals surface area contributed by atoms with Crippen molar-refractivity contribution in [2.45, 2.75) is 31.9 Å². The third-order valence-corrected chi connectivity index (χ3v) is 4.75. The number of aliphatic hydroxyl groups is 1. The lowest BCUT2D eigenvalue weighted by atomic mass is 10.3. The fourth-order valence-corrected chi connectivity index (χ4v) is 3.20. The fourth-order valence-electron chi connectivity index (χ4n) is 2.53. The standard InChI is InChI=1S/C16H18N6O3S/c1-8(23)6-17-12-5-13(19-10-2-3-10)22-14(20-12)9(7-18-22)4-11-15(24)21-16(25)26-11/h4-5,7-8,10,19,23H,2-3,6H2,1H3,(H,17,20)(H,21,24,25)/b11-4+. The minimum atomic E-state index is -0.510. The molecule has 1 aliphatic heterocycles. The Labute approximate surface area is 153 Å². The van der Waals surface area contributed by atoms with Crippen molar-refractivity contribution in [2.24, 2.45) is 0 Å². The second kappa shape index (κ2) is 6.61. The number of fused-ring (bicyclic) bond motifs is 1. The Morgan fingerprint density at radius 2 is 2.31 bits per heavy atom. The lowest BCUT2D eigenvalue weighted by Crippen LogP contribution is -2.18. The van der Waals surface area contributed by atoms with E-state index in [9.17, 15) is 14.7 Å². The van der Waals surface area contributed by atoms with Gasteiger partial charge in [0.05, 0.1) is 17.2 Å². The molecule has 2 aromatic heterocycles. The number of carbonyl (C=O) groups excluding carboxylic acids is 2. The summed E-state index contributed by atoms with van der Waals surface area (Å²) in [7, 11) is 0. The van der Waals surface area contributed by atoms with Gasteiger partial charge < -0.3 is 15.7 Å². The quantitative estimate of drug-likeness (QED) is 0.560. The summed E-state index contributed by atoms with van der Waals surface area (Å²) in [5, 5.41) is 22.2. The largest absolute Gasteiger partial charge is 0.392 e. The van der Waals surface area contributed by atoms with Crippen LogP contribution in [0.15, 0.2) is 17.2 Å². The summed E-state index contributed by atoms with van der Waals surface area (Å²) < 4.78 is 1.68. The fraction of sp³-hybridized carbons (Fsp3) is 0.375. The highest BCUT2D eigenvalue weighted by Gasteiger charge is 2.26. The Morgan fingerprint density at radius 1 is 1.50 bits per heavy atom. The number of amides is 2. The topological polar surface area (TPSA) is 121 Å². The van der Waals surface area contributed by atoms with E-state index in [4.69, 9.17) is 0 Å². The second-order valence-corrected chi connectivity index (χ2v) is 7.38. The van der Waals surface area contributed by atoms with Crippen LogP contribution >= 0.6 is 11.8 Å². The van der Waals surface area contributed by atoms with Crippen LogP contribution in [-0.2, 0) is 4.79 Å². The molecule has 4 rings (SSSR count). The van der Waals surface area contributed by atoms with Gasteiger partial charge in [-0.05, 0) is 37.6 Å². The first-order chi connectivity index (χ1) is 12.5. The lowest BCUT2D eigenvalue weighted by molar-refractivity contribution is -0.115. The molecule has 1 saturated heterocycles. The summed E-state index contributed by atoms with van der Waals surface area (Å²) in [6.45, 7) is 2.06. The molecule has 0 radical (unpaired) electrons. The van der Waals surface area contributed by atoms with Crippen LogP contribution in [0.3, 0.4) is 0 Å². The molecule has 4 N–H and O–H groups in total. The highest BCUT2D eigenvalue weighted by Crippen LogP contribution is 2.29. The molecule has 1 atom stereocenters. The molecule has 2 aromatic rings. The van der Waals surface area contributed by atoms with E-state index >= 15 is 0 Å². The van der Waals surface area contributed by atoms with Crippen molar-refractivity contribution in [1.29, 1.82) is 0 Å². The number of hydrogen-bond acceptors (Lipinski definition) is 8. The lowest BCUT2D eigenvalue weighted by Gasteiger charge is -2.12. The molecule has 1 unspecified atom stereocenters. The third kappa shape index (κ3) is 3.51. The first-order valence-electron chi connectivity index (χ1n) is 8.32. The van der Waals surface area contributed by atoms with E-state index in [1.54, 1.807) is 23.7 Å². The van der Waals surface area contributed by atoms with E-state index in [-0.39, 0.29) is 5.24 Å². The van der Waals surface area contributed by atoms with Gasteiger partial charge in [0.15, 0.2) is 5.65 Å². The summed E-state index contributed by atoms with van der Waals surface area (Å²) in [5.74, 6) is 0.968. The number of hydrogen-bond donors (Lipinski definition) is 4. The minimum Gasteiger partial charge on any atom is -0.392 e. The van der Waals surface area contributed by atoms with Crippen molar-refractivity contribution in [1.82, 2.24) is 19.9 Å². The molecular weight excluding hydrogens is 356 g/mol. The van der Waals surface area contributed by atoms with E-state index < -0.39 is 12.0 Å². The predicted molar refractivity (Wildman–Crippen MR) is 98.9 cm³/mol.